The maximum atomic E-state index is 12.1. The summed E-state index contributed by atoms with van der Waals surface area (Å²) in [6, 6.07) is 1.24. The maximum absolute atomic E-state index is 12.1. The zero-order valence-corrected chi connectivity index (χ0v) is 17.5. The molecule has 3 aliphatic heterocycles. The van der Waals surface area contributed by atoms with Crippen LogP contribution in [0.5, 0.6) is 0 Å². The molecule has 1 aliphatic carbocycles. The minimum Gasteiger partial charge on any atom is -0.465 e. The molecule has 4 rings (SSSR count). The molecule has 0 aromatic carbocycles. The van der Waals surface area contributed by atoms with Crippen molar-refractivity contribution in [3.8, 4) is 0 Å². The van der Waals surface area contributed by atoms with Gasteiger partial charge in [-0.1, -0.05) is 0 Å². The van der Waals surface area contributed by atoms with E-state index in [-0.39, 0.29) is 11.3 Å². The van der Waals surface area contributed by atoms with Crippen LogP contribution in [0.4, 0.5) is 4.79 Å². The van der Waals surface area contributed by atoms with Crippen LogP contribution in [-0.4, -0.2) is 102 Å². The second-order valence-corrected chi connectivity index (χ2v) is 9.86. The number of carboxylic acid groups (broad SMARTS) is 1. The van der Waals surface area contributed by atoms with Crippen LogP contribution < -0.4 is 0 Å². The van der Waals surface area contributed by atoms with Gasteiger partial charge in [-0.25, -0.2) is 4.79 Å². The summed E-state index contributed by atoms with van der Waals surface area (Å²) in [7, 11) is 3.69. The molecule has 1 spiro atoms. The normalized spacial score (nSPS) is 34.7. The first-order chi connectivity index (χ1) is 13.4. The third kappa shape index (κ3) is 3.88. The van der Waals surface area contributed by atoms with Gasteiger partial charge in [-0.15, -0.1) is 0 Å². The lowest BCUT2D eigenvalue weighted by atomic mass is 9.64. The number of likely N-dealkylation sites (N-methyl/N-ethyl adjacent to an activating group) is 1. The summed E-state index contributed by atoms with van der Waals surface area (Å²) in [6.45, 7) is 5.43. The van der Waals surface area contributed by atoms with Crippen molar-refractivity contribution in [1.82, 2.24) is 19.6 Å². The van der Waals surface area contributed by atoms with Gasteiger partial charge in [0, 0.05) is 39.3 Å². The van der Waals surface area contributed by atoms with Crippen LogP contribution in [0.15, 0.2) is 0 Å². The van der Waals surface area contributed by atoms with Gasteiger partial charge in [0.2, 0.25) is 5.91 Å². The van der Waals surface area contributed by atoms with Crippen molar-refractivity contribution in [2.24, 2.45) is 11.3 Å². The van der Waals surface area contributed by atoms with E-state index in [2.05, 4.69) is 9.80 Å². The third-order valence-electron chi connectivity index (χ3n) is 7.93. The largest absolute Gasteiger partial charge is 0.465 e. The van der Waals surface area contributed by atoms with Crippen molar-refractivity contribution < 1.29 is 14.7 Å². The van der Waals surface area contributed by atoms with Crippen LogP contribution in [0.2, 0.25) is 0 Å². The lowest BCUT2D eigenvalue weighted by Crippen LogP contribution is -2.55. The standard InChI is InChI=1S/C21H36N4O3/c1-22(2)19(26)14-24-8-3-4-18(24)16-5-9-23(10-6-16)17-12-21(13-17)7-11-25(15-21)20(27)28/h16-18H,3-15H2,1-2H3,(H,27,28). The second-order valence-electron chi connectivity index (χ2n) is 9.86. The molecule has 4 fully saturated rings. The molecule has 3 heterocycles. The molecule has 1 atom stereocenters. The minimum atomic E-state index is -0.755. The Labute approximate surface area is 168 Å². The minimum absolute atomic E-state index is 0.219. The number of piperidine rings is 1. The fraction of sp³-hybridized carbons (Fsp3) is 0.905. The first kappa shape index (κ1) is 20.0. The maximum Gasteiger partial charge on any atom is 0.407 e. The molecule has 1 saturated carbocycles. The number of rotatable bonds is 4. The first-order valence-corrected chi connectivity index (χ1v) is 11.0. The molecule has 28 heavy (non-hydrogen) atoms. The van der Waals surface area contributed by atoms with Gasteiger partial charge < -0.3 is 19.8 Å². The van der Waals surface area contributed by atoms with E-state index in [1.807, 2.05) is 14.1 Å². The lowest BCUT2D eigenvalue weighted by molar-refractivity contribution is -0.130. The molecular weight excluding hydrogens is 356 g/mol. The van der Waals surface area contributed by atoms with Crippen LogP contribution in [0.3, 0.4) is 0 Å². The Morgan fingerprint density at radius 2 is 1.79 bits per heavy atom. The molecule has 0 aromatic rings. The second kappa shape index (κ2) is 7.82. The summed E-state index contributed by atoms with van der Waals surface area (Å²) < 4.78 is 0. The van der Waals surface area contributed by atoms with Gasteiger partial charge in [-0.2, -0.15) is 0 Å². The fourth-order valence-electron chi connectivity index (χ4n) is 6.20. The Kier molecular flexibility index (Phi) is 5.58. The fourth-order valence-corrected chi connectivity index (χ4v) is 6.20. The summed E-state index contributed by atoms with van der Waals surface area (Å²) in [5, 5.41) is 9.21. The molecule has 0 radical (unpaired) electrons. The Morgan fingerprint density at radius 3 is 2.39 bits per heavy atom. The Hall–Kier alpha value is -1.34. The number of nitrogens with zero attached hydrogens (tertiary/aromatic N) is 4. The number of carbonyl (C=O) groups excluding carboxylic acids is 1. The van der Waals surface area contributed by atoms with E-state index in [9.17, 15) is 14.7 Å². The summed E-state index contributed by atoms with van der Waals surface area (Å²) >= 11 is 0. The van der Waals surface area contributed by atoms with E-state index in [0.717, 1.165) is 25.4 Å². The number of likely N-dealkylation sites (tertiary alicyclic amines) is 3. The van der Waals surface area contributed by atoms with Crippen molar-refractivity contribution in [2.75, 3.05) is 53.4 Å². The van der Waals surface area contributed by atoms with Gasteiger partial charge in [-0.05, 0) is 75.9 Å². The van der Waals surface area contributed by atoms with E-state index in [0.29, 0.717) is 25.2 Å². The quantitative estimate of drug-likeness (QED) is 0.790. The molecular formula is C21H36N4O3. The van der Waals surface area contributed by atoms with Crippen molar-refractivity contribution in [3.63, 3.8) is 0 Å². The van der Waals surface area contributed by atoms with Gasteiger partial charge in [0.05, 0.1) is 6.54 Å². The predicted octanol–water partition coefficient (Wildman–Crippen LogP) is 1.78. The SMILES string of the molecule is CN(C)C(=O)CN1CCCC1C1CCN(C2CC3(CCN(C(=O)O)C3)C2)CC1. The first-order valence-electron chi connectivity index (χ1n) is 11.0. The lowest BCUT2D eigenvalue weighted by Gasteiger charge is -2.52. The highest BCUT2D eigenvalue weighted by atomic mass is 16.4. The zero-order valence-electron chi connectivity index (χ0n) is 17.5. The highest BCUT2D eigenvalue weighted by Crippen LogP contribution is 2.50. The molecule has 1 unspecified atom stereocenters. The summed E-state index contributed by atoms with van der Waals surface area (Å²) in [4.78, 5) is 31.7. The monoisotopic (exact) mass is 392 g/mol. The van der Waals surface area contributed by atoms with Gasteiger partial charge in [-0.3, -0.25) is 9.69 Å². The Balaban J connectivity index is 1.23. The van der Waals surface area contributed by atoms with Crippen LogP contribution in [0.25, 0.3) is 0 Å². The summed E-state index contributed by atoms with van der Waals surface area (Å²) in [5.74, 6) is 0.938. The van der Waals surface area contributed by atoms with E-state index >= 15 is 0 Å². The van der Waals surface area contributed by atoms with Gasteiger partial charge >= 0.3 is 6.09 Å². The topological polar surface area (TPSA) is 67.3 Å². The van der Waals surface area contributed by atoms with E-state index in [4.69, 9.17) is 0 Å². The molecule has 3 saturated heterocycles. The zero-order chi connectivity index (χ0) is 19.9. The van der Waals surface area contributed by atoms with E-state index < -0.39 is 6.09 Å². The van der Waals surface area contributed by atoms with Gasteiger partial charge in [0.1, 0.15) is 0 Å². The van der Waals surface area contributed by atoms with Crippen LogP contribution in [0.1, 0.15) is 44.9 Å². The molecule has 0 aromatic heterocycles. The molecule has 158 valence electrons. The molecule has 7 heteroatoms. The van der Waals surface area contributed by atoms with Crippen LogP contribution in [0, 0.1) is 11.3 Å². The Bertz CT molecular complexity index is 596. The van der Waals surface area contributed by atoms with Crippen LogP contribution >= 0.6 is 0 Å². The van der Waals surface area contributed by atoms with Gasteiger partial charge in [0.25, 0.3) is 0 Å². The van der Waals surface area contributed by atoms with Crippen molar-refractivity contribution in [3.05, 3.63) is 0 Å². The van der Waals surface area contributed by atoms with Crippen LogP contribution in [-0.2, 0) is 4.79 Å². The number of carbonyl (C=O) groups is 2. The van der Waals surface area contributed by atoms with Gasteiger partial charge in [0.15, 0.2) is 0 Å². The highest BCUT2D eigenvalue weighted by Gasteiger charge is 2.51. The Morgan fingerprint density at radius 1 is 1.07 bits per heavy atom. The van der Waals surface area contributed by atoms with Crippen molar-refractivity contribution in [1.29, 1.82) is 0 Å². The van der Waals surface area contributed by atoms with Crippen molar-refractivity contribution >= 4 is 12.0 Å². The molecule has 2 amide bonds. The molecule has 0 bridgehead atoms. The van der Waals surface area contributed by atoms with E-state index in [1.54, 1.807) is 9.80 Å². The smallest absolute Gasteiger partial charge is 0.407 e. The molecule has 7 nitrogen and oxygen atoms in total. The number of hydrogen-bond acceptors (Lipinski definition) is 4. The summed E-state index contributed by atoms with van der Waals surface area (Å²) in [6.07, 6.45) is 7.57. The average Bonchev–Trinajstić information content (AvgIpc) is 3.28. The molecule has 4 aliphatic rings. The highest BCUT2D eigenvalue weighted by molar-refractivity contribution is 5.77. The number of hydrogen-bond donors (Lipinski definition) is 1. The molecule has 1 N–H and O–H groups in total. The third-order valence-corrected chi connectivity index (χ3v) is 7.93. The average molecular weight is 393 g/mol. The number of amides is 2. The summed E-state index contributed by atoms with van der Waals surface area (Å²) in [5.41, 5.74) is 0.273. The predicted molar refractivity (Wildman–Crippen MR) is 107 cm³/mol. The van der Waals surface area contributed by atoms with E-state index in [1.165, 1.54) is 51.6 Å². The van der Waals surface area contributed by atoms with Crippen molar-refractivity contribution in [2.45, 2.75) is 57.0 Å².